The number of carbonyl (C=O) groups excluding carboxylic acids is 1. The first-order valence-electron chi connectivity index (χ1n) is 8.84. The van der Waals surface area contributed by atoms with Gasteiger partial charge in [-0.15, -0.1) is 11.3 Å². The normalized spacial score (nSPS) is 22.1. The van der Waals surface area contributed by atoms with Gasteiger partial charge >= 0.3 is 0 Å². The Kier molecular flexibility index (Phi) is 6.44. The second kappa shape index (κ2) is 8.49. The summed E-state index contributed by atoms with van der Waals surface area (Å²) in [5.74, 6) is 0.819. The van der Waals surface area contributed by atoms with Crippen LogP contribution in [-0.4, -0.2) is 31.4 Å². The van der Waals surface area contributed by atoms with E-state index in [2.05, 4.69) is 15.3 Å². The summed E-state index contributed by atoms with van der Waals surface area (Å²) in [6.07, 6.45) is 1.64. The highest BCUT2D eigenvalue weighted by atomic mass is 35.5. The fraction of sp³-hybridized carbons (Fsp3) is 0.389. The SMILES string of the molecule is CC.NC1=N[C@H](c2sc(C(=O)Nc3cccc(Cl)n3)cc2Cl)CS(=O)C12CC2. The lowest BCUT2D eigenvalue weighted by molar-refractivity contribution is 0.103. The molecule has 1 unspecified atom stereocenters. The predicted molar refractivity (Wildman–Crippen MR) is 117 cm³/mol. The number of halogens is 2. The number of thiophene rings is 1. The zero-order chi connectivity index (χ0) is 20.5. The minimum Gasteiger partial charge on any atom is -0.386 e. The van der Waals surface area contributed by atoms with E-state index in [1.807, 2.05) is 13.8 Å². The van der Waals surface area contributed by atoms with Crippen molar-refractivity contribution in [2.24, 2.45) is 10.7 Å². The molecule has 0 aromatic carbocycles. The molecule has 150 valence electrons. The molecule has 6 nitrogen and oxygen atoms in total. The van der Waals surface area contributed by atoms with Crippen molar-refractivity contribution in [1.29, 1.82) is 0 Å². The Morgan fingerprint density at radius 2 is 2.07 bits per heavy atom. The number of nitrogens with two attached hydrogens (primary N) is 1. The highest BCUT2D eigenvalue weighted by Gasteiger charge is 2.55. The van der Waals surface area contributed by atoms with Crippen molar-refractivity contribution in [1.82, 2.24) is 4.98 Å². The first kappa shape index (κ1) is 21.2. The van der Waals surface area contributed by atoms with Crippen molar-refractivity contribution in [3.8, 4) is 0 Å². The second-order valence-electron chi connectivity index (χ2n) is 6.16. The Bertz CT molecular complexity index is 957. The van der Waals surface area contributed by atoms with Crippen LogP contribution in [0.25, 0.3) is 0 Å². The van der Waals surface area contributed by atoms with Crippen molar-refractivity contribution in [2.45, 2.75) is 37.5 Å². The fourth-order valence-corrected chi connectivity index (χ4v) is 6.21. The first-order valence-corrected chi connectivity index (χ1v) is 11.7. The molecule has 1 fully saturated rings. The van der Waals surface area contributed by atoms with Gasteiger partial charge in [-0.2, -0.15) is 0 Å². The molecule has 1 aliphatic carbocycles. The molecule has 2 aliphatic rings. The number of hydrogen-bond donors (Lipinski definition) is 2. The van der Waals surface area contributed by atoms with Crippen LogP contribution in [0.15, 0.2) is 29.3 Å². The van der Waals surface area contributed by atoms with Crippen molar-refractivity contribution in [3.05, 3.63) is 44.2 Å². The molecule has 0 radical (unpaired) electrons. The molecule has 3 N–H and O–H groups in total. The van der Waals surface area contributed by atoms with E-state index in [-0.39, 0.29) is 17.1 Å². The number of nitrogens with zero attached hydrogens (tertiary/aromatic N) is 2. The lowest BCUT2D eigenvalue weighted by Crippen LogP contribution is -2.41. The lowest BCUT2D eigenvalue weighted by atomic mass is 10.2. The summed E-state index contributed by atoms with van der Waals surface area (Å²) in [5, 5.41) is 3.39. The van der Waals surface area contributed by atoms with E-state index in [1.165, 1.54) is 11.3 Å². The van der Waals surface area contributed by atoms with Crippen LogP contribution in [0.2, 0.25) is 10.2 Å². The Hall–Kier alpha value is -1.48. The van der Waals surface area contributed by atoms with Gasteiger partial charge in [0.05, 0.1) is 21.7 Å². The monoisotopic (exact) mass is 458 g/mol. The number of aliphatic imine (C=N–C) groups is 1. The third kappa shape index (κ3) is 4.10. The Morgan fingerprint density at radius 3 is 2.68 bits per heavy atom. The van der Waals surface area contributed by atoms with Gasteiger partial charge in [-0.3, -0.25) is 14.0 Å². The highest BCUT2D eigenvalue weighted by molar-refractivity contribution is 7.87. The van der Waals surface area contributed by atoms with Gasteiger partial charge in [0.15, 0.2) is 0 Å². The number of carbonyl (C=O) groups is 1. The van der Waals surface area contributed by atoms with Crippen LogP contribution < -0.4 is 11.1 Å². The number of aromatic nitrogens is 1. The van der Waals surface area contributed by atoms with Gasteiger partial charge in [0.2, 0.25) is 0 Å². The van der Waals surface area contributed by atoms with E-state index in [0.29, 0.717) is 32.2 Å². The zero-order valence-corrected chi connectivity index (χ0v) is 18.5. The number of rotatable bonds is 3. The average molecular weight is 459 g/mol. The van der Waals surface area contributed by atoms with E-state index in [1.54, 1.807) is 24.3 Å². The maximum atomic E-state index is 12.5. The largest absolute Gasteiger partial charge is 0.386 e. The smallest absolute Gasteiger partial charge is 0.266 e. The molecule has 0 bridgehead atoms. The summed E-state index contributed by atoms with van der Waals surface area (Å²) in [6.45, 7) is 4.00. The molecule has 2 aromatic rings. The summed E-state index contributed by atoms with van der Waals surface area (Å²) in [6, 6.07) is 6.16. The van der Waals surface area contributed by atoms with Crippen LogP contribution in [0.3, 0.4) is 0 Å². The summed E-state index contributed by atoms with van der Waals surface area (Å²) in [5.41, 5.74) is 6.04. The molecule has 0 saturated heterocycles. The van der Waals surface area contributed by atoms with Crippen molar-refractivity contribution in [3.63, 3.8) is 0 Å². The van der Waals surface area contributed by atoms with E-state index in [0.717, 1.165) is 12.8 Å². The molecule has 2 atom stereocenters. The molecule has 1 spiro atoms. The van der Waals surface area contributed by atoms with Gasteiger partial charge in [0, 0.05) is 15.7 Å². The maximum Gasteiger partial charge on any atom is 0.266 e. The van der Waals surface area contributed by atoms with Crippen LogP contribution in [0, 0.1) is 0 Å². The molecular weight excluding hydrogens is 439 g/mol. The number of pyridine rings is 1. The van der Waals surface area contributed by atoms with E-state index in [4.69, 9.17) is 28.9 Å². The first-order chi connectivity index (χ1) is 13.4. The summed E-state index contributed by atoms with van der Waals surface area (Å²) in [7, 11) is -1.08. The van der Waals surface area contributed by atoms with Crippen molar-refractivity contribution < 1.29 is 9.00 Å². The molecule has 10 heteroatoms. The second-order valence-corrected chi connectivity index (χ2v) is 9.84. The highest BCUT2D eigenvalue weighted by Crippen LogP contribution is 2.47. The third-order valence-electron chi connectivity index (χ3n) is 4.41. The Morgan fingerprint density at radius 1 is 1.36 bits per heavy atom. The quantitative estimate of drug-likeness (QED) is 0.664. The van der Waals surface area contributed by atoms with Gasteiger partial charge in [0.25, 0.3) is 5.91 Å². The van der Waals surface area contributed by atoms with Gasteiger partial charge in [-0.25, -0.2) is 4.98 Å². The third-order valence-corrected chi connectivity index (χ3v) is 8.39. The molecule has 3 heterocycles. The standard InChI is InChI=1S/C16H14Cl2N4O2S2.C2H6/c17-8-6-10(14(23)22-12-3-1-2-11(18)21-12)25-13(8)9-7-26(24)16(4-5-16)15(19)20-9;1-2/h1-3,6,9H,4-5,7H2,(H2,19,20)(H,21,22,23);1-2H3/t9-,26?;/m0./s1. The number of nitrogens with one attached hydrogen (secondary N) is 1. The molecule has 28 heavy (non-hydrogen) atoms. The molecule has 1 saturated carbocycles. The van der Waals surface area contributed by atoms with Crippen LogP contribution in [-0.2, 0) is 10.8 Å². The van der Waals surface area contributed by atoms with Crippen molar-refractivity contribution >= 4 is 62.9 Å². The lowest BCUT2D eigenvalue weighted by Gasteiger charge is -2.24. The van der Waals surface area contributed by atoms with Crippen LogP contribution in [0.5, 0.6) is 0 Å². The predicted octanol–water partition coefficient (Wildman–Crippen LogP) is 4.42. The van der Waals surface area contributed by atoms with E-state index >= 15 is 0 Å². The molecule has 1 amide bonds. The topological polar surface area (TPSA) is 97.4 Å². The zero-order valence-electron chi connectivity index (χ0n) is 15.4. The summed E-state index contributed by atoms with van der Waals surface area (Å²) < 4.78 is 12.1. The maximum absolute atomic E-state index is 12.5. The molecular formula is C18H20Cl2N4O2S2. The van der Waals surface area contributed by atoms with Gasteiger partial charge < -0.3 is 11.1 Å². The number of amides is 1. The number of anilines is 1. The minimum atomic E-state index is -1.08. The summed E-state index contributed by atoms with van der Waals surface area (Å²) >= 11 is 13.4. The Labute approximate surface area is 180 Å². The van der Waals surface area contributed by atoms with E-state index in [9.17, 15) is 9.00 Å². The van der Waals surface area contributed by atoms with E-state index < -0.39 is 15.5 Å². The van der Waals surface area contributed by atoms with Crippen molar-refractivity contribution in [2.75, 3.05) is 11.1 Å². The molecule has 4 rings (SSSR count). The average Bonchev–Trinajstić information content (AvgIpc) is 3.38. The Balaban J connectivity index is 0.00000109. The minimum absolute atomic E-state index is 0.288. The van der Waals surface area contributed by atoms with Crippen LogP contribution in [0.1, 0.15) is 47.3 Å². The fourth-order valence-electron chi connectivity index (χ4n) is 2.85. The van der Waals surface area contributed by atoms with Crippen LogP contribution in [0.4, 0.5) is 5.82 Å². The van der Waals surface area contributed by atoms with Crippen LogP contribution >= 0.6 is 34.5 Å². The molecule has 2 aromatic heterocycles. The number of amidine groups is 1. The van der Waals surface area contributed by atoms with Gasteiger partial charge in [0.1, 0.15) is 21.6 Å². The number of hydrogen-bond acceptors (Lipinski definition) is 6. The van der Waals surface area contributed by atoms with Gasteiger partial charge in [-0.1, -0.05) is 43.1 Å². The van der Waals surface area contributed by atoms with Gasteiger partial charge in [-0.05, 0) is 31.0 Å². The molecule has 1 aliphatic heterocycles. The summed E-state index contributed by atoms with van der Waals surface area (Å²) in [4.78, 5) is 22.1.